The summed E-state index contributed by atoms with van der Waals surface area (Å²) in [5.74, 6) is 0. The van der Waals surface area contributed by atoms with E-state index in [9.17, 15) is 10.1 Å². The van der Waals surface area contributed by atoms with E-state index in [1.165, 1.54) is 6.07 Å². The molecule has 13 heavy (non-hydrogen) atoms. The molecule has 0 saturated heterocycles. The molecule has 66 valence electrons. The quantitative estimate of drug-likeness (QED) is 0.535. The fourth-order valence-electron chi connectivity index (χ4n) is 1.36. The van der Waals surface area contributed by atoms with E-state index >= 15 is 0 Å². The number of nitrogens with one attached hydrogen (secondary N) is 1. The van der Waals surface area contributed by atoms with Gasteiger partial charge in [-0.2, -0.15) is 0 Å². The molecule has 0 amide bonds. The second-order valence-corrected chi connectivity index (χ2v) is 2.96. The van der Waals surface area contributed by atoms with Crippen LogP contribution in [0.25, 0.3) is 10.9 Å². The van der Waals surface area contributed by atoms with Crippen LogP contribution < -0.4 is 0 Å². The van der Waals surface area contributed by atoms with Crippen LogP contribution in [0.2, 0.25) is 0 Å². The molecule has 0 unspecified atom stereocenters. The van der Waals surface area contributed by atoms with Gasteiger partial charge in [-0.25, -0.2) is 0 Å². The lowest BCUT2D eigenvalue weighted by Crippen LogP contribution is -1.86. The van der Waals surface area contributed by atoms with Crippen molar-refractivity contribution in [1.82, 2.24) is 4.98 Å². The zero-order valence-corrected chi connectivity index (χ0v) is 7.07. The topological polar surface area (TPSA) is 58.9 Å². The maximum absolute atomic E-state index is 10.5. The highest BCUT2D eigenvalue weighted by molar-refractivity contribution is 5.85. The maximum Gasteiger partial charge on any atom is 0.270 e. The largest absolute Gasteiger partial charge is 0.361 e. The number of nitro groups is 1. The first-order valence-corrected chi connectivity index (χ1v) is 3.90. The molecule has 1 heterocycles. The number of nitro benzene ring substituents is 1. The van der Waals surface area contributed by atoms with Gasteiger partial charge in [0.05, 0.1) is 4.92 Å². The zero-order valence-electron chi connectivity index (χ0n) is 7.07. The van der Waals surface area contributed by atoms with Crippen LogP contribution in [0.1, 0.15) is 5.56 Å². The van der Waals surface area contributed by atoms with Crippen LogP contribution in [0.3, 0.4) is 0 Å². The Morgan fingerprint density at radius 3 is 2.92 bits per heavy atom. The van der Waals surface area contributed by atoms with Crippen molar-refractivity contribution in [2.24, 2.45) is 0 Å². The Morgan fingerprint density at radius 1 is 1.46 bits per heavy atom. The lowest BCUT2D eigenvalue weighted by molar-refractivity contribution is -0.384. The predicted octanol–water partition coefficient (Wildman–Crippen LogP) is 2.38. The molecule has 2 rings (SSSR count). The summed E-state index contributed by atoms with van der Waals surface area (Å²) in [4.78, 5) is 13.1. The lowest BCUT2D eigenvalue weighted by atomic mass is 10.2. The van der Waals surface area contributed by atoms with Crippen molar-refractivity contribution < 1.29 is 4.92 Å². The summed E-state index contributed by atoms with van der Waals surface area (Å²) in [5.41, 5.74) is 2.09. The van der Waals surface area contributed by atoms with Crippen molar-refractivity contribution in [1.29, 1.82) is 0 Å². The number of rotatable bonds is 1. The summed E-state index contributed by atoms with van der Waals surface area (Å²) >= 11 is 0. The smallest absolute Gasteiger partial charge is 0.270 e. The highest BCUT2D eigenvalue weighted by Gasteiger charge is 2.07. The number of non-ortho nitro benzene ring substituents is 1. The van der Waals surface area contributed by atoms with Crippen molar-refractivity contribution in [3.63, 3.8) is 0 Å². The van der Waals surface area contributed by atoms with Gasteiger partial charge in [-0.15, -0.1) is 0 Å². The van der Waals surface area contributed by atoms with Gasteiger partial charge < -0.3 is 4.98 Å². The van der Waals surface area contributed by atoms with Crippen LogP contribution in [0, 0.1) is 17.0 Å². The van der Waals surface area contributed by atoms with Crippen molar-refractivity contribution >= 4 is 16.6 Å². The average molecular weight is 176 g/mol. The molecule has 1 N–H and O–H groups in total. The summed E-state index contributed by atoms with van der Waals surface area (Å²) in [7, 11) is 0. The number of fused-ring (bicyclic) bond motifs is 1. The third kappa shape index (κ3) is 1.16. The van der Waals surface area contributed by atoms with Gasteiger partial charge >= 0.3 is 0 Å². The van der Waals surface area contributed by atoms with Crippen LogP contribution in [-0.4, -0.2) is 9.91 Å². The minimum absolute atomic E-state index is 0.134. The predicted molar refractivity (Wildman–Crippen MR) is 49.7 cm³/mol. The lowest BCUT2D eigenvalue weighted by Gasteiger charge is -1.92. The number of hydrogen-bond donors (Lipinski definition) is 1. The third-order valence-electron chi connectivity index (χ3n) is 2.08. The first-order chi connectivity index (χ1) is 6.18. The van der Waals surface area contributed by atoms with Crippen LogP contribution in [-0.2, 0) is 0 Å². The average Bonchev–Trinajstić information content (AvgIpc) is 2.47. The second kappa shape index (κ2) is 2.58. The van der Waals surface area contributed by atoms with Crippen LogP contribution in [0.15, 0.2) is 24.4 Å². The number of nitrogens with zero attached hydrogens (tertiary/aromatic N) is 1. The molecule has 0 aliphatic rings. The maximum atomic E-state index is 10.5. The summed E-state index contributed by atoms with van der Waals surface area (Å²) in [6.07, 6.45) is 1.84. The molecule has 0 fully saturated rings. The van der Waals surface area contributed by atoms with Gasteiger partial charge in [0.15, 0.2) is 0 Å². The van der Waals surface area contributed by atoms with E-state index in [0.717, 1.165) is 16.5 Å². The van der Waals surface area contributed by atoms with Crippen molar-refractivity contribution in [2.45, 2.75) is 6.92 Å². The Morgan fingerprint density at radius 2 is 2.23 bits per heavy atom. The van der Waals surface area contributed by atoms with E-state index in [4.69, 9.17) is 0 Å². The molecule has 1 aromatic carbocycles. The van der Waals surface area contributed by atoms with E-state index in [1.807, 2.05) is 13.1 Å². The van der Waals surface area contributed by atoms with Gasteiger partial charge in [-0.3, -0.25) is 10.1 Å². The monoisotopic (exact) mass is 176 g/mol. The molecular formula is C9H8N2O2. The SMILES string of the molecule is Cc1c[nH]c2ccc([N+](=O)[O-])cc12. The standard InChI is InChI=1S/C9H8N2O2/c1-6-5-10-9-3-2-7(11(12)13)4-8(6)9/h2-5,10H,1H3. The third-order valence-corrected chi connectivity index (χ3v) is 2.08. The van der Waals surface area contributed by atoms with Gasteiger partial charge in [0.1, 0.15) is 0 Å². The highest BCUT2D eigenvalue weighted by atomic mass is 16.6. The van der Waals surface area contributed by atoms with Gasteiger partial charge in [0.25, 0.3) is 5.69 Å². The number of H-pyrrole nitrogens is 1. The summed E-state index contributed by atoms with van der Waals surface area (Å²) in [5, 5.41) is 11.4. The molecule has 0 bridgehead atoms. The summed E-state index contributed by atoms with van der Waals surface area (Å²) in [6.45, 7) is 1.92. The van der Waals surface area contributed by atoms with Crippen LogP contribution >= 0.6 is 0 Å². The molecule has 0 aliphatic heterocycles. The normalized spacial score (nSPS) is 10.5. The molecule has 0 aliphatic carbocycles. The van der Waals surface area contributed by atoms with Crippen molar-refractivity contribution in [3.8, 4) is 0 Å². The Hall–Kier alpha value is -1.84. The number of aryl methyl sites for hydroxylation is 1. The van der Waals surface area contributed by atoms with E-state index in [2.05, 4.69) is 4.98 Å². The Balaban J connectivity index is 2.72. The molecule has 1 aromatic heterocycles. The first-order valence-electron chi connectivity index (χ1n) is 3.90. The fraction of sp³-hybridized carbons (Fsp3) is 0.111. The summed E-state index contributed by atoms with van der Waals surface area (Å²) in [6, 6.07) is 4.81. The minimum Gasteiger partial charge on any atom is -0.361 e. The molecule has 0 atom stereocenters. The second-order valence-electron chi connectivity index (χ2n) is 2.96. The van der Waals surface area contributed by atoms with Gasteiger partial charge in [0.2, 0.25) is 0 Å². The fourth-order valence-corrected chi connectivity index (χ4v) is 1.36. The highest BCUT2D eigenvalue weighted by Crippen LogP contribution is 2.22. The first kappa shape index (κ1) is 7.79. The van der Waals surface area contributed by atoms with Gasteiger partial charge in [0, 0.05) is 29.2 Å². The Kier molecular flexibility index (Phi) is 1.55. The molecule has 4 heteroatoms. The molecule has 0 radical (unpaired) electrons. The molecule has 0 spiro atoms. The molecular weight excluding hydrogens is 168 g/mol. The van der Waals surface area contributed by atoms with E-state index < -0.39 is 0 Å². The molecule has 0 saturated carbocycles. The minimum atomic E-state index is -0.383. The van der Waals surface area contributed by atoms with Crippen LogP contribution in [0.4, 0.5) is 5.69 Å². The zero-order chi connectivity index (χ0) is 9.42. The Labute approximate surface area is 74.3 Å². The van der Waals surface area contributed by atoms with Gasteiger partial charge in [-0.05, 0) is 18.6 Å². The number of benzene rings is 1. The molecule has 4 nitrogen and oxygen atoms in total. The van der Waals surface area contributed by atoms with E-state index in [-0.39, 0.29) is 10.6 Å². The molecule has 2 aromatic rings. The number of hydrogen-bond acceptors (Lipinski definition) is 2. The Bertz CT molecular complexity index is 473. The van der Waals surface area contributed by atoms with Gasteiger partial charge in [-0.1, -0.05) is 0 Å². The number of aromatic nitrogens is 1. The summed E-state index contributed by atoms with van der Waals surface area (Å²) < 4.78 is 0. The number of aromatic amines is 1. The van der Waals surface area contributed by atoms with Crippen molar-refractivity contribution in [3.05, 3.63) is 40.1 Å². The van der Waals surface area contributed by atoms with E-state index in [0.29, 0.717) is 0 Å². The van der Waals surface area contributed by atoms with Crippen molar-refractivity contribution in [2.75, 3.05) is 0 Å². The van der Waals surface area contributed by atoms with E-state index in [1.54, 1.807) is 12.1 Å². The van der Waals surface area contributed by atoms with Crippen LogP contribution in [0.5, 0.6) is 0 Å².